The zero-order valence-electron chi connectivity index (χ0n) is 20.9. The summed E-state index contributed by atoms with van der Waals surface area (Å²) in [6.45, 7) is 2.56. The van der Waals surface area contributed by atoms with Crippen molar-refractivity contribution in [2.75, 3.05) is 32.1 Å². The van der Waals surface area contributed by atoms with Crippen molar-refractivity contribution in [3.63, 3.8) is 0 Å². The van der Waals surface area contributed by atoms with Crippen LogP contribution in [0.3, 0.4) is 0 Å². The number of piperidine rings is 1. The highest BCUT2D eigenvalue weighted by atomic mass is 16.5. The van der Waals surface area contributed by atoms with Crippen molar-refractivity contribution in [1.29, 1.82) is 0 Å². The number of anilines is 1. The summed E-state index contributed by atoms with van der Waals surface area (Å²) in [5.74, 6) is 1.93. The third-order valence-electron chi connectivity index (χ3n) is 6.73. The first kappa shape index (κ1) is 25.1. The molecular weight excluding hydrogens is 456 g/mol. The number of benzene rings is 2. The van der Waals surface area contributed by atoms with Gasteiger partial charge in [0.25, 0.3) is 6.47 Å². The van der Waals surface area contributed by atoms with Crippen LogP contribution in [0.25, 0.3) is 22.2 Å². The van der Waals surface area contributed by atoms with Crippen LogP contribution >= 0.6 is 0 Å². The Kier molecular flexibility index (Phi) is 8.12. The van der Waals surface area contributed by atoms with Crippen LogP contribution in [-0.2, 0) is 18.4 Å². The topological polar surface area (TPSA) is 96.6 Å². The molecule has 0 radical (unpaired) electrons. The minimum atomic E-state index is -0.250. The lowest BCUT2D eigenvalue weighted by Crippen LogP contribution is -2.43. The molecular formula is C27H32N6O3. The first-order chi connectivity index (χ1) is 17.6. The number of nitrogens with zero attached hydrogens (tertiary/aromatic N) is 6. The first-order valence-electron chi connectivity index (χ1n) is 12.0. The normalized spacial score (nSPS) is 13.9. The van der Waals surface area contributed by atoms with E-state index >= 15 is 0 Å². The molecule has 0 bridgehead atoms. The summed E-state index contributed by atoms with van der Waals surface area (Å²) in [7, 11) is 5.89. The van der Waals surface area contributed by atoms with Crippen LogP contribution in [0.15, 0.2) is 60.8 Å². The number of rotatable bonds is 6. The molecule has 9 nitrogen and oxygen atoms in total. The van der Waals surface area contributed by atoms with Crippen molar-refractivity contribution in [1.82, 2.24) is 24.9 Å². The van der Waals surface area contributed by atoms with E-state index in [9.17, 15) is 0 Å². The molecule has 4 aromatic rings. The number of hydrogen-bond donors (Lipinski definition) is 1. The molecule has 0 saturated carbocycles. The predicted octanol–water partition coefficient (Wildman–Crippen LogP) is 3.84. The first-order valence-corrected chi connectivity index (χ1v) is 12.0. The number of fused-ring (bicyclic) bond motifs is 1. The zero-order valence-corrected chi connectivity index (χ0v) is 20.9. The Balaban J connectivity index is 0.000000967. The van der Waals surface area contributed by atoms with E-state index < -0.39 is 0 Å². The molecule has 0 unspecified atom stereocenters. The van der Waals surface area contributed by atoms with Gasteiger partial charge in [-0.2, -0.15) is 5.10 Å². The fraction of sp³-hybridized carbons (Fsp3) is 0.333. The molecule has 9 heteroatoms. The van der Waals surface area contributed by atoms with Gasteiger partial charge in [0.2, 0.25) is 0 Å². The Morgan fingerprint density at radius 3 is 2.39 bits per heavy atom. The molecule has 36 heavy (non-hydrogen) atoms. The fourth-order valence-corrected chi connectivity index (χ4v) is 4.87. The van der Waals surface area contributed by atoms with Crippen LogP contribution in [0.5, 0.6) is 5.75 Å². The molecule has 188 valence electrons. The highest BCUT2D eigenvalue weighted by molar-refractivity contribution is 5.99. The monoisotopic (exact) mass is 488 g/mol. The standard InChI is InChI=1S/C26H30N6O.CH2O2/c1-30(18-19-8-4-7-11-24(19)33-3)20-13-16-32(17-14-20)26-22-10-6-5-9-21(22)25(28-29-26)23-12-15-27-31(23)2;2-1-3/h4-12,15,20H,13-14,16-18H2,1-3H3;1H,(H,2,3). The third-order valence-corrected chi connectivity index (χ3v) is 6.73. The van der Waals surface area contributed by atoms with Crippen LogP contribution in [0, 0.1) is 0 Å². The predicted molar refractivity (Wildman–Crippen MR) is 140 cm³/mol. The van der Waals surface area contributed by atoms with Crippen molar-refractivity contribution in [3.8, 4) is 17.1 Å². The highest BCUT2D eigenvalue weighted by Crippen LogP contribution is 2.33. The van der Waals surface area contributed by atoms with Crippen molar-refractivity contribution < 1.29 is 14.6 Å². The summed E-state index contributed by atoms with van der Waals surface area (Å²) in [6, 6.07) is 19.2. The average molecular weight is 489 g/mol. The van der Waals surface area contributed by atoms with Gasteiger partial charge in [-0.25, -0.2) is 0 Å². The number of ether oxygens (including phenoxy) is 1. The lowest BCUT2D eigenvalue weighted by atomic mass is 10.0. The van der Waals surface area contributed by atoms with Gasteiger partial charge in [0.1, 0.15) is 11.4 Å². The Morgan fingerprint density at radius 2 is 1.72 bits per heavy atom. The van der Waals surface area contributed by atoms with Gasteiger partial charge in [-0.15, -0.1) is 10.2 Å². The minimum Gasteiger partial charge on any atom is -0.496 e. The van der Waals surface area contributed by atoms with Gasteiger partial charge >= 0.3 is 0 Å². The number of aryl methyl sites for hydroxylation is 1. The van der Waals surface area contributed by atoms with Gasteiger partial charge in [0.15, 0.2) is 5.82 Å². The van der Waals surface area contributed by atoms with E-state index in [0.717, 1.165) is 66.2 Å². The Labute approximate surface area is 210 Å². The van der Waals surface area contributed by atoms with E-state index in [-0.39, 0.29) is 6.47 Å². The molecule has 2 aromatic carbocycles. The summed E-state index contributed by atoms with van der Waals surface area (Å²) in [4.78, 5) is 13.2. The van der Waals surface area contributed by atoms with Crippen LogP contribution in [0.2, 0.25) is 0 Å². The Bertz CT molecular complexity index is 1300. The molecule has 1 saturated heterocycles. The minimum absolute atomic E-state index is 0.250. The average Bonchev–Trinajstić information content (AvgIpc) is 3.34. The second kappa shape index (κ2) is 11.6. The summed E-state index contributed by atoms with van der Waals surface area (Å²) >= 11 is 0. The second-order valence-corrected chi connectivity index (χ2v) is 8.81. The number of carbonyl (C=O) groups is 1. The molecule has 0 amide bonds. The van der Waals surface area contributed by atoms with Gasteiger partial charge in [-0.05, 0) is 32.0 Å². The van der Waals surface area contributed by atoms with E-state index in [1.54, 1.807) is 13.3 Å². The van der Waals surface area contributed by atoms with Gasteiger partial charge in [-0.3, -0.25) is 14.4 Å². The summed E-state index contributed by atoms with van der Waals surface area (Å²) in [5, 5.41) is 22.8. The number of carboxylic acid groups (broad SMARTS) is 1. The molecule has 1 aliphatic rings. The van der Waals surface area contributed by atoms with Crippen molar-refractivity contribution in [3.05, 3.63) is 66.4 Å². The largest absolute Gasteiger partial charge is 0.496 e. The lowest BCUT2D eigenvalue weighted by Gasteiger charge is -2.37. The molecule has 2 aromatic heterocycles. The summed E-state index contributed by atoms with van der Waals surface area (Å²) in [5.41, 5.74) is 3.08. The van der Waals surface area contributed by atoms with E-state index in [4.69, 9.17) is 19.7 Å². The molecule has 1 fully saturated rings. The second-order valence-electron chi connectivity index (χ2n) is 8.81. The maximum atomic E-state index is 8.36. The van der Waals surface area contributed by atoms with E-state index in [1.165, 1.54) is 5.56 Å². The van der Waals surface area contributed by atoms with E-state index in [1.807, 2.05) is 29.9 Å². The van der Waals surface area contributed by atoms with Crippen LogP contribution in [0.1, 0.15) is 18.4 Å². The summed E-state index contributed by atoms with van der Waals surface area (Å²) in [6.07, 6.45) is 3.97. The molecule has 1 aliphatic heterocycles. The molecule has 0 spiro atoms. The molecule has 1 N–H and O–H groups in total. The van der Waals surface area contributed by atoms with E-state index in [2.05, 4.69) is 63.4 Å². The van der Waals surface area contributed by atoms with Gasteiger partial charge in [0, 0.05) is 55.3 Å². The maximum Gasteiger partial charge on any atom is 0.290 e. The Morgan fingerprint density at radius 1 is 1.06 bits per heavy atom. The van der Waals surface area contributed by atoms with Gasteiger partial charge in [0.05, 0.1) is 12.8 Å². The molecule has 3 heterocycles. The number of para-hydroxylation sites is 1. The SMILES string of the molecule is COc1ccccc1CN(C)C1CCN(c2nnc(-c3ccnn3C)c3ccccc23)CC1.O=CO. The Hall–Kier alpha value is -3.98. The maximum absolute atomic E-state index is 8.36. The van der Waals surface area contributed by atoms with Crippen LogP contribution in [-0.4, -0.2) is 69.7 Å². The highest BCUT2D eigenvalue weighted by Gasteiger charge is 2.26. The van der Waals surface area contributed by atoms with E-state index in [0.29, 0.717) is 6.04 Å². The molecule has 0 atom stereocenters. The quantitative estimate of drug-likeness (QED) is 0.409. The van der Waals surface area contributed by atoms with Crippen LogP contribution in [0.4, 0.5) is 5.82 Å². The lowest BCUT2D eigenvalue weighted by molar-refractivity contribution is -0.122. The number of methoxy groups -OCH3 is 1. The zero-order chi connectivity index (χ0) is 25.5. The van der Waals surface area contributed by atoms with Crippen molar-refractivity contribution in [2.45, 2.75) is 25.4 Å². The molecule has 0 aliphatic carbocycles. The van der Waals surface area contributed by atoms with Gasteiger partial charge in [-0.1, -0.05) is 42.5 Å². The van der Waals surface area contributed by atoms with Crippen LogP contribution < -0.4 is 9.64 Å². The van der Waals surface area contributed by atoms with Crippen molar-refractivity contribution >= 4 is 23.1 Å². The molecule has 5 rings (SSSR count). The number of aromatic nitrogens is 4. The summed E-state index contributed by atoms with van der Waals surface area (Å²) < 4.78 is 7.38. The van der Waals surface area contributed by atoms with Crippen molar-refractivity contribution in [2.24, 2.45) is 7.05 Å². The number of hydrogen-bond acceptors (Lipinski definition) is 7. The fourth-order valence-electron chi connectivity index (χ4n) is 4.87. The smallest absolute Gasteiger partial charge is 0.290 e. The van der Waals surface area contributed by atoms with Gasteiger partial charge < -0.3 is 14.7 Å². The third kappa shape index (κ3) is 5.31.